The quantitative estimate of drug-likeness (QED) is 0.684. The SMILES string of the molecule is CC(C)(C)N1Cc2cccc3c2C(=N1)CCO3. The lowest BCUT2D eigenvalue weighted by molar-refractivity contribution is 0.128. The Kier molecular flexibility index (Phi) is 2.18. The molecule has 1 aromatic rings. The smallest absolute Gasteiger partial charge is 0.128 e. The van der Waals surface area contributed by atoms with Gasteiger partial charge in [0.15, 0.2) is 0 Å². The molecule has 1 aromatic carbocycles. The molecule has 0 atom stereocenters. The van der Waals surface area contributed by atoms with E-state index in [2.05, 4.69) is 37.9 Å². The van der Waals surface area contributed by atoms with Crippen LogP contribution in [0.5, 0.6) is 5.75 Å². The summed E-state index contributed by atoms with van der Waals surface area (Å²) >= 11 is 0. The van der Waals surface area contributed by atoms with Crippen LogP contribution >= 0.6 is 0 Å². The molecule has 0 aliphatic carbocycles. The number of hydrogen-bond donors (Lipinski definition) is 0. The third kappa shape index (κ3) is 1.70. The van der Waals surface area contributed by atoms with Crippen molar-refractivity contribution in [1.82, 2.24) is 5.01 Å². The van der Waals surface area contributed by atoms with Gasteiger partial charge in [-0.1, -0.05) is 12.1 Å². The lowest BCUT2D eigenvalue weighted by atomic mass is 9.95. The highest BCUT2D eigenvalue weighted by molar-refractivity contribution is 6.05. The molecule has 0 N–H and O–H groups in total. The van der Waals surface area contributed by atoms with E-state index in [1.807, 2.05) is 6.07 Å². The summed E-state index contributed by atoms with van der Waals surface area (Å²) in [7, 11) is 0. The molecule has 2 aliphatic heterocycles. The molecule has 17 heavy (non-hydrogen) atoms. The van der Waals surface area contributed by atoms with Crippen LogP contribution in [-0.2, 0) is 6.54 Å². The van der Waals surface area contributed by atoms with Crippen LogP contribution in [0.25, 0.3) is 0 Å². The Labute approximate surface area is 102 Å². The van der Waals surface area contributed by atoms with Gasteiger partial charge in [0.1, 0.15) is 5.75 Å². The molecule has 0 saturated heterocycles. The first-order valence-corrected chi connectivity index (χ1v) is 6.16. The summed E-state index contributed by atoms with van der Waals surface area (Å²) in [5.41, 5.74) is 3.82. The Balaban J connectivity index is 2.11. The minimum absolute atomic E-state index is 0.0685. The van der Waals surface area contributed by atoms with Crippen molar-refractivity contribution in [3.63, 3.8) is 0 Å². The van der Waals surface area contributed by atoms with Crippen LogP contribution in [0.3, 0.4) is 0 Å². The van der Waals surface area contributed by atoms with E-state index in [1.54, 1.807) is 0 Å². The maximum atomic E-state index is 5.69. The zero-order chi connectivity index (χ0) is 12.0. The predicted molar refractivity (Wildman–Crippen MR) is 68.4 cm³/mol. The Morgan fingerprint density at radius 2 is 2.12 bits per heavy atom. The molecule has 2 heterocycles. The van der Waals surface area contributed by atoms with E-state index in [1.165, 1.54) is 16.8 Å². The standard InChI is InChI=1S/C14H18N2O/c1-14(2,3)16-9-10-5-4-6-12-13(10)11(15-16)7-8-17-12/h4-6H,7-9H2,1-3H3. The molecule has 0 aromatic heterocycles. The highest BCUT2D eigenvalue weighted by atomic mass is 16.5. The molecule has 0 saturated carbocycles. The van der Waals surface area contributed by atoms with Crippen LogP contribution in [0.4, 0.5) is 0 Å². The Morgan fingerprint density at radius 3 is 2.88 bits per heavy atom. The van der Waals surface area contributed by atoms with E-state index in [4.69, 9.17) is 9.84 Å². The summed E-state index contributed by atoms with van der Waals surface area (Å²) in [6.45, 7) is 8.22. The largest absolute Gasteiger partial charge is 0.492 e. The average molecular weight is 230 g/mol. The van der Waals surface area contributed by atoms with Gasteiger partial charge in [0.2, 0.25) is 0 Å². The van der Waals surface area contributed by atoms with Crippen molar-refractivity contribution in [3.05, 3.63) is 29.3 Å². The van der Waals surface area contributed by atoms with E-state index in [0.717, 1.165) is 25.3 Å². The molecule has 3 nitrogen and oxygen atoms in total. The fourth-order valence-electron chi connectivity index (χ4n) is 2.37. The molecule has 0 spiro atoms. The molecular formula is C14H18N2O. The summed E-state index contributed by atoms with van der Waals surface area (Å²) in [6.07, 6.45) is 0.913. The summed E-state index contributed by atoms with van der Waals surface area (Å²) in [4.78, 5) is 0. The van der Waals surface area contributed by atoms with Gasteiger partial charge in [0, 0.05) is 17.5 Å². The summed E-state index contributed by atoms with van der Waals surface area (Å²) < 4.78 is 5.69. The summed E-state index contributed by atoms with van der Waals surface area (Å²) in [5.74, 6) is 1.00. The van der Waals surface area contributed by atoms with Crippen molar-refractivity contribution in [2.24, 2.45) is 5.10 Å². The molecule has 0 fully saturated rings. The minimum Gasteiger partial charge on any atom is -0.492 e. The summed E-state index contributed by atoms with van der Waals surface area (Å²) in [6, 6.07) is 6.30. The molecule has 0 unspecified atom stereocenters. The number of ether oxygens (including phenoxy) is 1. The number of hydrazone groups is 1. The topological polar surface area (TPSA) is 24.8 Å². The Morgan fingerprint density at radius 1 is 1.29 bits per heavy atom. The third-order valence-electron chi connectivity index (χ3n) is 3.33. The molecule has 3 rings (SSSR count). The first-order chi connectivity index (χ1) is 8.05. The maximum absolute atomic E-state index is 5.69. The molecule has 90 valence electrons. The second kappa shape index (κ2) is 3.49. The Hall–Kier alpha value is -1.51. The zero-order valence-electron chi connectivity index (χ0n) is 10.7. The van der Waals surface area contributed by atoms with E-state index in [-0.39, 0.29) is 5.54 Å². The van der Waals surface area contributed by atoms with Crippen molar-refractivity contribution >= 4 is 5.71 Å². The number of benzene rings is 1. The van der Waals surface area contributed by atoms with Crippen molar-refractivity contribution in [1.29, 1.82) is 0 Å². The van der Waals surface area contributed by atoms with Gasteiger partial charge in [-0.15, -0.1) is 0 Å². The molecule has 0 amide bonds. The molecule has 0 bridgehead atoms. The third-order valence-corrected chi connectivity index (χ3v) is 3.33. The normalized spacial score (nSPS) is 18.3. The molecular weight excluding hydrogens is 212 g/mol. The first-order valence-electron chi connectivity index (χ1n) is 6.16. The second-order valence-electron chi connectivity index (χ2n) is 5.66. The van der Waals surface area contributed by atoms with Crippen LogP contribution < -0.4 is 4.74 Å². The lowest BCUT2D eigenvalue weighted by Gasteiger charge is -2.38. The van der Waals surface area contributed by atoms with Crippen molar-refractivity contribution in [2.45, 2.75) is 39.3 Å². The van der Waals surface area contributed by atoms with Gasteiger partial charge in [-0.2, -0.15) is 5.10 Å². The van der Waals surface area contributed by atoms with E-state index < -0.39 is 0 Å². The maximum Gasteiger partial charge on any atom is 0.128 e. The van der Waals surface area contributed by atoms with Crippen molar-refractivity contribution < 1.29 is 4.74 Å². The van der Waals surface area contributed by atoms with Gasteiger partial charge < -0.3 is 4.74 Å². The highest BCUT2D eigenvalue weighted by Gasteiger charge is 2.30. The van der Waals surface area contributed by atoms with Crippen LogP contribution in [0.1, 0.15) is 38.3 Å². The van der Waals surface area contributed by atoms with E-state index in [9.17, 15) is 0 Å². The minimum atomic E-state index is 0.0685. The van der Waals surface area contributed by atoms with Gasteiger partial charge in [-0.3, -0.25) is 5.01 Å². The fraction of sp³-hybridized carbons (Fsp3) is 0.500. The monoisotopic (exact) mass is 230 g/mol. The van der Waals surface area contributed by atoms with Crippen LogP contribution in [-0.4, -0.2) is 22.9 Å². The number of nitrogens with zero attached hydrogens (tertiary/aromatic N) is 2. The Bertz CT molecular complexity index is 485. The van der Waals surface area contributed by atoms with E-state index in [0.29, 0.717) is 0 Å². The second-order valence-corrected chi connectivity index (χ2v) is 5.66. The highest BCUT2D eigenvalue weighted by Crippen LogP contribution is 2.34. The van der Waals surface area contributed by atoms with Gasteiger partial charge in [0.25, 0.3) is 0 Å². The van der Waals surface area contributed by atoms with Crippen molar-refractivity contribution in [3.8, 4) is 5.75 Å². The molecule has 2 aliphatic rings. The number of hydrogen-bond acceptors (Lipinski definition) is 3. The molecule has 3 heteroatoms. The lowest BCUT2D eigenvalue weighted by Crippen LogP contribution is -2.41. The van der Waals surface area contributed by atoms with Gasteiger partial charge >= 0.3 is 0 Å². The van der Waals surface area contributed by atoms with Crippen LogP contribution in [0.2, 0.25) is 0 Å². The van der Waals surface area contributed by atoms with Crippen molar-refractivity contribution in [2.75, 3.05) is 6.61 Å². The summed E-state index contributed by atoms with van der Waals surface area (Å²) in [5, 5.41) is 6.98. The first kappa shape index (κ1) is 10.6. The van der Waals surface area contributed by atoms with Crippen LogP contribution in [0.15, 0.2) is 23.3 Å². The van der Waals surface area contributed by atoms with Crippen LogP contribution in [0, 0.1) is 0 Å². The van der Waals surface area contributed by atoms with Gasteiger partial charge in [0.05, 0.1) is 18.9 Å². The number of rotatable bonds is 0. The van der Waals surface area contributed by atoms with Gasteiger partial charge in [-0.25, -0.2) is 0 Å². The average Bonchev–Trinajstić information content (AvgIpc) is 2.28. The predicted octanol–water partition coefficient (Wildman–Crippen LogP) is 2.79. The zero-order valence-corrected chi connectivity index (χ0v) is 10.7. The fourth-order valence-corrected chi connectivity index (χ4v) is 2.37. The van der Waals surface area contributed by atoms with E-state index >= 15 is 0 Å². The molecule has 0 radical (unpaired) electrons. The van der Waals surface area contributed by atoms with Gasteiger partial charge in [-0.05, 0) is 32.4 Å².